The Morgan fingerprint density at radius 3 is 2.79 bits per heavy atom. The molecule has 102 valence electrons. The average Bonchev–Trinajstić information content (AvgIpc) is 2.85. The highest BCUT2D eigenvalue weighted by atomic mass is 35.5. The molecule has 2 rings (SSSR count). The van der Waals surface area contributed by atoms with E-state index in [1.54, 1.807) is 6.07 Å². The van der Waals surface area contributed by atoms with Crippen molar-refractivity contribution in [2.45, 2.75) is 26.1 Å². The van der Waals surface area contributed by atoms with Crippen LogP contribution in [0.3, 0.4) is 0 Å². The number of halogens is 3. The van der Waals surface area contributed by atoms with Crippen molar-refractivity contribution in [3.05, 3.63) is 53.1 Å². The van der Waals surface area contributed by atoms with Gasteiger partial charge < -0.3 is 5.32 Å². The zero-order valence-electron chi connectivity index (χ0n) is 10.4. The van der Waals surface area contributed by atoms with E-state index < -0.39 is 6.55 Å². The lowest BCUT2D eigenvalue weighted by molar-refractivity contribution is 0.0665. The Morgan fingerprint density at radius 2 is 2.11 bits per heavy atom. The summed E-state index contributed by atoms with van der Waals surface area (Å²) in [5.74, 6) is 0.300. The first-order valence-corrected chi connectivity index (χ1v) is 6.25. The Hall–Kier alpha value is -1.46. The van der Waals surface area contributed by atoms with Gasteiger partial charge in [0.1, 0.15) is 5.82 Å². The van der Waals surface area contributed by atoms with Crippen molar-refractivity contribution in [3.8, 4) is 0 Å². The lowest BCUT2D eigenvalue weighted by Crippen LogP contribution is -2.21. The summed E-state index contributed by atoms with van der Waals surface area (Å²) in [5.41, 5.74) is 0.930. The third-order valence-corrected chi connectivity index (χ3v) is 3.24. The maximum atomic E-state index is 12.6. The van der Waals surface area contributed by atoms with Gasteiger partial charge in [-0.2, -0.15) is 8.78 Å². The molecule has 0 amide bonds. The summed E-state index contributed by atoms with van der Waals surface area (Å²) in [7, 11) is 0. The maximum absolute atomic E-state index is 12.6. The van der Waals surface area contributed by atoms with Gasteiger partial charge in [-0.1, -0.05) is 29.8 Å². The average molecular weight is 286 g/mol. The van der Waals surface area contributed by atoms with Crippen molar-refractivity contribution in [1.82, 2.24) is 14.9 Å². The van der Waals surface area contributed by atoms with E-state index in [-0.39, 0.29) is 12.6 Å². The molecule has 1 heterocycles. The summed E-state index contributed by atoms with van der Waals surface area (Å²) in [4.78, 5) is 3.91. The van der Waals surface area contributed by atoms with Crippen LogP contribution < -0.4 is 5.32 Å². The first-order chi connectivity index (χ1) is 9.09. The fourth-order valence-corrected chi connectivity index (χ4v) is 2.14. The Kier molecular flexibility index (Phi) is 4.50. The van der Waals surface area contributed by atoms with Gasteiger partial charge in [-0.25, -0.2) is 4.98 Å². The quantitative estimate of drug-likeness (QED) is 0.906. The molecule has 0 fully saturated rings. The third kappa shape index (κ3) is 3.30. The van der Waals surface area contributed by atoms with E-state index in [1.165, 1.54) is 12.4 Å². The molecule has 0 aliphatic carbocycles. The molecule has 19 heavy (non-hydrogen) atoms. The second-order valence-corrected chi connectivity index (χ2v) is 4.56. The highest BCUT2D eigenvalue weighted by Crippen LogP contribution is 2.22. The van der Waals surface area contributed by atoms with Crippen molar-refractivity contribution < 1.29 is 8.78 Å². The smallest absolute Gasteiger partial charge is 0.303 e. The number of benzene rings is 1. The second-order valence-electron chi connectivity index (χ2n) is 4.15. The first kappa shape index (κ1) is 14.0. The minimum Gasteiger partial charge on any atom is -0.303 e. The van der Waals surface area contributed by atoms with Crippen LogP contribution in [0.1, 0.15) is 30.9 Å². The topological polar surface area (TPSA) is 29.9 Å². The Labute approximate surface area is 115 Å². The van der Waals surface area contributed by atoms with E-state index in [0.717, 1.165) is 10.1 Å². The standard InChI is InChI=1S/C13H14ClF2N3/c1-9(10-4-2-3-5-11(10)14)18-8-12-17-6-7-19(12)13(15)16/h2-7,9,13,18H,8H2,1H3. The SMILES string of the molecule is CC(NCc1nccn1C(F)F)c1ccccc1Cl. The molecule has 0 bridgehead atoms. The summed E-state index contributed by atoms with van der Waals surface area (Å²) in [6.07, 6.45) is 2.63. The van der Waals surface area contributed by atoms with Crippen LogP contribution in [0, 0.1) is 0 Å². The van der Waals surface area contributed by atoms with Crippen LogP contribution in [-0.4, -0.2) is 9.55 Å². The predicted octanol–water partition coefficient (Wildman–Crippen LogP) is 3.78. The number of alkyl halides is 2. The Bertz CT molecular complexity index is 542. The molecule has 0 saturated heterocycles. The van der Waals surface area contributed by atoms with E-state index in [1.807, 2.05) is 25.1 Å². The highest BCUT2D eigenvalue weighted by Gasteiger charge is 2.13. The van der Waals surface area contributed by atoms with Crippen LogP contribution in [0.4, 0.5) is 8.78 Å². The molecule has 0 aliphatic rings. The molecular formula is C13H14ClF2N3. The van der Waals surface area contributed by atoms with Crippen LogP contribution in [-0.2, 0) is 6.54 Å². The highest BCUT2D eigenvalue weighted by molar-refractivity contribution is 6.31. The number of aromatic nitrogens is 2. The van der Waals surface area contributed by atoms with Crippen LogP contribution >= 0.6 is 11.6 Å². The van der Waals surface area contributed by atoms with Gasteiger partial charge in [0.25, 0.3) is 0 Å². The van der Waals surface area contributed by atoms with Gasteiger partial charge in [-0.3, -0.25) is 4.57 Å². The normalized spacial score (nSPS) is 12.9. The fourth-order valence-electron chi connectivity index (χ4n) is 1.84. The molecule has 0 radical (unpaired) electrons. The summed E-state index contributed by atoms with van der Waals surface area (Å²) >= 11 is 6.08. The second kappa shape index (κ2) is 6.12. The number of nitrogens with one attached hydrogen (secondary N) is 1. The zero-order valence-corrected chi connectivity index (χ0v) is 11.1. The molecule has 0 spiro atoms. The van der Waals surface area contributed by atoms with Crippen molar-refractivity contribution in [2.75, 3.05) is 0 Å². The third-order valence-electron chi connectivity index (χ3n) is 2.90. The summed E-state index contributed by atoms with van der Waals surface area (Å²) in [6, 6.07) is 7.40. The van der Waals surface area contributed by atoms with Gasteiger partial charge in [-0.15, -0.1) is 0 Å². The van der Waals surface area contributed by atoms with Gasteiger partial charge in [0, 0.05) is 23.5 Å². The van der Waals surface area contributed by atoms with Gasteiger partial charge in [-0.05, 0) is 18.6 Å². The molecule has 3 nitrogen and oxygen atoms in total. The number of imidazole rings is 1. The van der Waals surface area contributed by atoms with Gasteiger partial charge in [0.2, 0.25) is 0 Å². The van der Waals surface area contributed by atoms with Crippen LogP contribution in [0.5, 0.6) is 0 Å². The largest absolute Gasteiger partial charge is 0.319 e. The molecule has 0 saturated carbocycles. The van der Waals surface area contributed by atoms with Gasteiger partial charge in [0.15, 0.2) is 0 Å². The van der Waals surface area contributed by atoms with Gasteiger partial charge >= 0.3 is 6.55 Å². The monoisotopic (exact) mass is 285 g/mol. The van der Waals surface area contributed by atoms with E-state index in [4.69, 9.17) is 11.6 Å². The van der Waals surface area contributed by atoms with Crippen LogP contribution in [0.15, 0.2) is 36.7 Å². The zero-order chi connectivity index (χ0) is 13.8. The first-order valence-electron chi connectivity index (χ1n) is 5.87. The summed E-state index contributed by atoms with van der Waals surface area (Å²) in [6.45, 7) is -0.393. The minimum absolute atomic E-state index is 0.0449. The molecule has 1 N–H and O–H groups in total. The summed E-state index contributed by atoms with van der Waals surface area (Å²) in [5, 5.41) is 3.79. The van der Waals surface area contributed by atoms with Gasteiger partial charge in [0.05, 0.1) is 6.54 Å². The molecular weight excluding hydrogens is 272 g/mol. The van der Waals surface area contributed by atoms with Crippen molar-refractivity contribution >= 4 is 11.6 Å². The lowest BCUT2D eigenvalue weighted by Gasteiger charge is -2.16. The summed E-state index contributed by atoms with van der Waals surface area (Å²) < 4.78 is 26.1. The number of hydrogen-bond acceptors (Lipinski definition) is 2. The number of rotatable bonds is 5. The van der Waals surface area contributed by atoms with Crippen molar-refractivity contribution in [3.63, 3.8) is 0 Å². The number of hydrogen-bond donors (Lipinski definition) is 1. The molecule has 6 heteroatoms. The fraction of sp³-hybridized carbons (Fsp3) is 0.308. The van der Waals surface area contributed by atoms with Crippen LogP contribution in [0.25, 0.3) is 0 Å². The Balaban J connectivity index is 2.03. The minimum atomic E-state index is -2.57. The molecule has 1 unspecified atom stereocenters. The van der Waals surface area contributed by atoms with E-state index in [2.05, 4.69) is 10.3 Å². The number of nitrogens with zero attached hydrogens (tertiary/aromatic N) is 2. The maximum Gasteiger partial charge on any atom is 0.319 e. The van der Waals surface area contributed by atoms with E-state index >= 15 is 0 Å². The molecule has 1 aromatic carbocycles. The molecule has 1 aromatic heterocycles. The molecule has 0 aliphatic heterocycles. The van der Waals surface area contributed by atoms with E-state index in [0.29, 0.717) is 10.8 Å². The molecule has 2 aromatic rings. The van der Waals surface area contributed by atoms with Crippen LogP contribution in [0.2, 0.25) is 5.02 Å². The van der Waals surface area contributed by atoms with E-state index in [9.17, 15) is 8.78 Å². The van der Waals surface area contributed by atoms with Crippen molar-refractivity contribution in [2.24, 2.45) is 0 Å². The van der Waals surface area contributed by atoms with Crippen molar-refractivity contribution in [1.29, 1.82) is 0 Å². The lowest BCUT2D eigenvalue weighted by atomic mass is 10.1. The Morgan fingerprint density at radius 1 is 1.37 bits per heavy atom. The predicted molar refractivity (Wildman–Crippen MR) is 70.2 cm³/mol. The molecule has 1 atom stereocenters.